The Morgan fingerprint density at radius 3 is 2.40 bits per heavy atom. The van der Waals surface area contributed by atoms with E-state index in [9.17, 15) is 0 Å². The summed E-state index contributed by atoms with van der Waals surface area (Å²) >= 11 is 4.53. The summed E-state index contributed by atoms with van der Waals surface area (Å²) in [5.74, 6) is 0.982. The molecule has 2 nitrogen and oxygen atoms in total. The van der Waals surface area contributed by atoms with Crippen LogP contribution in [0.25, 0.3) is 0 Å². The minimum atomic E-state index is 0.249. The second-order valence-electron chi connectivity index (χ2n) is 5.17. The number of aliphatic hydroxyl groups excluding tert-OH is 1. The van der Waals surface area contributed by atoms with Gasteiger partial charge in [-0.2, -0.15) is 12.6 Å². The van der Waals surface area contributed by atoms with Gasteiger partial charge in [-0.3, -0.25) is 0 Å². The van der Waals surface area contributed by atoms with Gasteiger partial charge in [-0.25, -0.2) is 0 Å². The molecule has 0 saturated heterocycles. The van der Waals surface area contributed by atoms with Crippen molar-refractivity contribution in [1.82, 2.24) is 4.90 Å². The van der Waals surface area contributed by atoms with Crippen molar-refractivity contribution < 1.29 is 5.11 Å². The molecule has 1 N–H and O–H groups in total. The molecule has 1 unspecified atom stereocenters. The quantitative estimate of drug-likeness (QED) is 0.709. The van der Waals surface area contributed by atoms with Gasteiger partial charge in [0.25, 0.3) is 0 Å². The van der Waals surface area contributed by atoms with Crippen molar-refractivity contribution >= 4 is 12.6 Å². The minimum Gasteiger partial charge on any atom is -0.395 e. The number of hydrogen-bond donors (Lipinski definition) is 2. The van der Waals surface area contributed by atoms with Gasteiger partial charge in [-0.05, 0) is 38.0 Å². The number of rotatable bonds is 5. The lowest BCUT2D eigenvalue weighted by atomic mass is 9.75. The fourth-order valence-corrected chi connectivity index (χ4v) is 2.91. The number of hydrogen-bond acceptors (Lipinski definition) is 3. The van der Waals surface area contributed by atoms with E-state index in [1.165, 1.54) is 32.1 Å². The molecule has 0 spiro atoms. The van der Waals surface area contributed by atoms with Crippen molar-refractivity contribution in [3.63, 3.8) is 0 Å². The molecule has 0 aromatic carbocycles. The molecule has 0 heterocycles. The average Bonchev–Trinajstić information content (AvgIpc) is 2.29. The third-order valence-corrected chi connectivity index (χ3v) is 4.52. The molecule has 90 valence electrons. The second kappa shape index (κ2) is 6.12. The van der Waals surface area contributed by atoms with E-state index in [2.05, 4.69) is 31.5 Å². The molecule has 0 aromatic rings. The van der Waals surface area contributed by atoms with Crippen LogP contribution in [0.3, 0.4) is 0 Å². The van der Waals surface area contributed by atoms with Gasteiger partial charge in [-0.15, -0.1) is 0 Å². The summed E-state index contributed by atoms with van der Waals surface area (Å²) in [6, 6.07) is 0.267. The van der Waals surface area contributed by atoms with Gasteiger partial charge < -0.3 is 10.0 Å². The Kier molecular flexibility index (Phi) is 5.44. The zero-order valence-electron chi connectivity index (χ0n) is 10.1. The van der Waals surface area contributed by atoms with Crippen LogP contribution in [0, 0.1) is 5.41 Å². The molecule has 3 heteroatoms. The van der Waals surface area contributed by atoms with Crippen molar-refractivity contribution in [1.29, 1.82) is 0 Å². The minimum absolute atomic E-state index is 0.249. The van der Waals surface area contributed by atoms with Crippen LogP contribution < -0.4 is 0 Å². The summed E-state index contributed by atoms with van der Waals surface area (Å²) in [5.41, 5.74) is 0.402. The number of likely N-dealkylation sites (N-methyl/N-ethyl adjacent to an activating group) is 1. The first-order chi connectivity index (χ1) is 7.13. The van der Waals surface area contributed by atoms with Gasteiger partial charge >= 0.3 is 0 Å². The Morgan fingerprint density at radius 2 is 1.93 bits per heavy atom. The third-order valence-electron chi connectivity index (χ3n) is 3.85. The lowest BCUT2D eigenvalue weighted by Crippen LogP contribution is -2.43. The van der Waals surface area contributed by atoms with Crippen molar-refractivity contribution in [2.45, 2.75) is 45.1 Å². The van der Waals surface area contributed by atoms with Gasteiger partial charge in [0.1, 0.15) is 0 Å². The van der Waals surface area contributed by atoms with E-state index in [-0.39, 0.29) is 12.6 Å². The first-order valence-electron chi connectivity index (χ1n) is 6.05. The highest BCUT2D eigenvalue weighted by Gasteiger charge is 2.32. The Morgan fingerprint density at radius 1 is 1.33 bits per heavy atom. The monoisotopic (exact) mass is 231 g/mol. The predicted molar refractivity (Wildman–Crippen MR) is 68.5 cm³/mol. The Hall–Kier alpha value is 0.270. The zero-order chi connectivity index (χ0) is 11.3. The number of nitrogens with zero attached hydrogens (tertiary/aromatic N) is 1. The van der Waals surface area contributed by atoms with Crippen LogP contribution in [0.1, 0.15) is 39.0 Å². The number of aliphatic hydroxyl groups is 1. The Balaban J connectivity index is 2.51. The summed E-state index contributed by atoms with van der Waals surface area (Å²) in [6.07, 6.45) is 6.69. The van der Waals surface area contributed by atoms with Crippen LogP contribution in [0.15, 0.2) is 0 Å². The molecule has 0 aromatic heterocycles. The van der Waals surface area contributed by atoms with E-state index < -0.39 is 0 Å². The maximum Gasteiger partial charge on any atom is 0.0584 e. The molecule has 1 fully saturated rings. The van der Waals surface area contributed by atoms with Gasteiger partial charge in [0.15, 0.2) is 0 Å². The molecular weight excluding hydrogens is 206 g/mol. The van der Waals surface area contributed by atoms with E-state index in [0.29, 0.717) is 5.41 Å². The topological polar surface area (TPSA) is 23.5 Å². The zero-order valence-corrected chi connectivity index (χ0v) is 11.0. The maximum atomic E-state index is 9.13. The van der Waals surface area contributed by atoms with Gasteiger partial charge in [0.05, 0.1) is 6.61 Å². The van der Waals surface area contributed by atoms with Crippen molar-refractivity contribution in [3.05, 3.63) is 0 Å². The highest BCUT2D eigenvalue weighted by Crippen LogP contribution is 2.38. The largest absolute Gasteiger partial charge is 0.395 e. The van der Waals surface area contributed by atoms with Crippen LogP contribution in [-0.2, 0) is 0 Å². The first-order valence-corrected chi connectivity index (χ1v) is 6.69. The third kappa shape index (κ3) is 3.65. The van der Waals surface area contributed by atoms with Gasteiger partial charge in [-0.1, -0.05) is 19.3 Å². The first kappa shape index (κ1) is 13.3. The molecule has 1 rings (SSSR count). The van der Waals surface area contributed by atoms with E-state index in [4.69, 9.17) is 5.11 Å². The maximum absolute atomic E-state index is 9.13. The molecule has 1 aliphatic rings. The lowest BCUT2D eigenvalue weighted by molar-refractivity contribution is 0.0909. The van der Waals surface area contributed by atoms with Gasteiger partial charge in [0.2, 0.25) is 0 Å². The van der Waals surface area contributed by atoms with E-state index in [0.717, 1.165) is 12.3 Å². The number of thiol groups is 1. The van der Waals surface area contributed by atoms with Crippen molar-refractivity contribution in [2.24, 2.45) is 5.41 Å². The second-order valence-corrected chi connectivity index (χ2v) is 5.48. The smallest absolute Gasteiger partial charge is 0.0584 e. The lowest BCUT2D eigenvalue weighted by Gasteiger charge is -2.40. The van der Waals surface area contributed by atoms with Crippen LogP contribution in [-0.4, -0.2) is 42.0 Å². The summed E-state index contributed by atoms with van der Waals surface area (Å²) in [4.78, 5) is 2.28. The molecule has 1 saturated carbocycles. The molecular formula is C12H25NOS. The molecule has 0 amide bonds. The summed E-state index contributed by atoms with van der Waals surface area (Å²) in [6.45, 7) is 3.41. The Labute approximate surface area is 99.5 Å². The fraction of sp³-hybridized carbons (Fsp3) is 1.00. The molecule has 0 bridgehead atoms. The summed E-state index contributed by atoms with van der Waals surface area (Å²) in [7, 11) is 2.11. The molecule has 0 radical (unpaired) electrons. The van der Waals surface area contributed by atoms with Crippen molar-refractivity contribution in [2.75, 3.05) is 26.0 Å². The van der Waals surface area contributed by atoms with E-state index in [1.54, 1.807) is 0 Å². The van der Waals surface area contributed by atoms with Gasteiger partial charge in [0, 0.05) is 12.6 Å². The molecule has 15 heavy (non-hydrogen) atoms. The normalized spacial score (nSPS) is 23.0. The van der Waals surface area contributed by atoms with Crippen molar-refractivity contribution in [3.8, 4) is 0 Å². The van der Waals surface area contributed by atoms with Crippen LogP contribution in [0.2, 0.25) is 0 Å². The standard InChI is InChI=1S/C12H25NOS/c1-11(8-14)13(2)9-12(10-15)6-4-3-5-7-12/h11,14-15H,3-10H2,1-2H3. The molecule has 1 atom stereocenters. The average molecular weight is 231 g/mol. The summed E-state index contributed by atoms with van der Waals surface area (Å²) < 4.78 is 0. The highest BCUT2D eigenvalue weighted by atomic mass is 32.1. The Bertz CT molecular complexity index is 180. The fourth-order valence-electron chi connectivity index (χ4n) is 2.49. The van der Waals surface area contributed by atoms with E-state index >= 15 is 0 Å². The van der Waals surface area contributed by atoms with Crippen LogP contribution >= 0.6 is 12.6 Å². The molecule has 1 aliphatic carbocycles. The predicted octanol–water partition coefficient (Wildman–Crippen LogP) is 2.18. The summed E-state index contributed by atoms with van der Waals surface area (Å²) in [5, 5.41) is 9.13. The van der Waals surface area contributed by atoms with Crippen LogP contribution in [0.5, 0.6) is 0 Å². The van der Waals surface area contributed by atoms with Crippen LogP contribution in [0.4, 0.5) is 0 Å². The SMILES string of the molecule is CC(CO)N(C)CC1(CS)CCCCC1. The molecule has 0 aliphatic heterocycles. The highest BCUT2D eigenvalue weighted by molar-refractivity contribution is 7.80. The van der Waals surface area contributed by atoms with E-state index in [1.807, 2.05) is 0 Å².